The van der Waals surface area contributed by atoms with Gasteiger partial charge in [-0.2, -0.15) is 0 Å². The number of halogens is 2. The minimum Gasteiger partial charge on any atom is -0.336 e. The Morgan fingerprint density at radius 3 is 2.83 bits per heavy atom. The van der Waals surface area contributed by atoms with Crippen LogP contribution in [0.2, 0.25) is 0 Å². The van der Waals surface area contributed by atoms with Gasteiger partial charge in [0, 0.05) is 37.6 Å². The fourth-order valence-corrected chi connectivity index (χ4v) is 2.00. The first-order valence-corrected chi connectivity index (χ1v) is 5.63. The molecule has 2 rings (SSSR count). The maximum absolute atomic E-state index is 12.2. The van der Waals surface area contributed by atoms with Crippen molar-refractivity contribution in [3.8, 4) is 0 Å². The Morgan fingerprint density at radius 1 is 1.50 bits per heavy atom. The summed E-state index contributed by atoms with van der Waals surface area (Å²) in [4.78, 5) is 18.3. The van der Waals surface area contributed by atoms with E-state index in [0.717, 1.165) is 30.9 Å². The van der Waals surface area contributed by atoms with Crippen LogP contribution in [0.5, 0.6) is 0 Å². The van der Waals surface area contributed by atoms with Crippen LogP contribution in [0.3, 0.4) is 0 Å². The van der Waals surface area contributed by atoms with Crippen molar-refractivity contribution in [1.82, 2.24) is 15.2 Å². The predicted octanol–water partition coefficient (Wildman–Crippen LogP) is 1.67. The molecule has 0 aliphatic carbocycles. The molecule has 0 spiro atoms. The van der Waals surface area contributed by atoms with E-state index < -0.39 is 0 Å². The van der Waals surface area contributed by atoms with Crippen LogP contribution in [-0.2, 0) is 0 Å². The third-order valence-electron chi connectivity index (χ3n) is 2.89. The third-order valence-corrected chi connectivity index (χ3v) is 2.89. The first-order valence-electron chi connectivity index (χ1n) is 5.63. The molecule has 1 unspecified atom stereocenters. The van der Waals surface area contributed by atoms with E-state index in [9.17, 15) is 4.79 Å². The second-order valence-corrected chi connectivity index (χ2v) is 4.24. The maximum Gasteiger partial charge on any atom is 0.255 e. The maximum atomic E-state index is 12.2. The van der Waals surface area contributed by atoms with E-state index >= 15 is 0 Å². The van der Waals surface area contributed by atoms with E-state index in [0.29, 0.717) is 6.04 Å². The summed E-state index contributed by atoms with van der Waals surface area (Å²) >= 11 is 0. The molecule has 1 amide bonds. The lowest BCUT2D eigenvalue weighted by molar-refractivity contribution is 0.0708. The van der Waals surface area contributed by atoms with Gasteiger partial charge in [-0.15, -0.1) is 24.8 Å². The number of rotatable bonds is 1. The molecule has 18 heavy (non-hydrogen) atoms. The SMILES string of the molecule is Cc1ncccc1C(=O)N1CCNC(C)C1.Cl.Cl. The molecule has 2 heterocycles. The van der Waals surface area contributed by atoms with Crippen molar-refractivity contribution >= 4 is 30.7 Å². The quantitative estimate of drug-likeness (QED) is 0.856. The van der Waals surface area contributed by atoms with Gasteiger partial charge in [0.2, 0.25) is 0 Å². The van der Waals surface area contributed by atoms with Crippen molar-refractivity contribution in [3.63, 3.8) is 0 Å². The Labute approximate surface area is 120 Å². The standard InChI is InChI=1S/C12H17N3O.2ClH/c1-9-8-15(7-6-13-9)12(16)11-4-3-5-14-10(11)2;;/h3-5,9,13H,6-8H2,1-2H3;2*1H. The summed E-state index contributed by atoms with van der Waals surface area (Å²) in [5.41, 5.74) is 1.52. The molecule has 6 heteroatoms. The molecule has 0 radical (unpaired) electrons. The Morgan fingerprint density at radius 2 is 2.22 bits per heavy atom. The molecule has 4 nitrogen and oxygen atoms in total. The van der Waals surface area contributed by atoms with Crippen LogP contribution >= 0.6 is 24.8 Å². The Bertz CT molecular complexity index is 401. The van der Waals surface area contributed by atoms with Gasteiger partial charge in [-0.25, -0.2) is 0 Å². The minimum atomic E-state index is 0. The second-order valence-electron chi connectivity index (χ2n) is 4.24. The molecular formula is C12H19Cl2N3O. The highest BCUT2D eigenvalue weighted by molar-refractivity contribution is 5.95. The molecule has 1 N–H and O–H groups in total. The largest absolute Gasteiger partial charge is 0.336 e. The van der Waals surface area contributed by atoms with E-state index in [1.807, 2.05) is 24.0 Å². The van der Waals surface area contributed by atoms with Gasteiger partial charge in [0.1, 0.15) is 0 Å². The summed E-state index contributed by atoms with van der Waals surface area (Å²) in [7, 11) is 0. The zero-order valence-electron chi connectivity index (χ0n) is 10.5. The molecule has 0 saturated carbocycles. The fraction of sp³-hybridized carbons (Fsp3) is 0.500. The molecule has 1 aromatic heterocycles. The minimum absolute atomic E-state index is 0. The van der Waals surface area contributed by atoms with Crippen LogP contribution in [0.15, 0.2) is 18.3 Å². The van der Waals surface area contributed by atoms with E-state index in [1.54, 1.807) is 6.20 Å². The average molecular weight is 292 g/mol. The highest BCUT2D eigenvalue weighted by atomic mass is 35.5. The van der Waals surface area contributed by atoms with E-state index in [1.165, 1.54) is 0 Å². The molecule has 0 aromatic carbocycles. The first kappa shape index (κ1) is 17.2. The highest BCUT2D eigenvalue weighted by Crippen LogP contribution is 2.10. The van der Waals surface area contributed by atoms with Crippen LogP contribution in [0.4, 0.5) is 0 Å². The van der Waals surface area contributed by atoms with Crippen molar-refractivity contribution in [2.45, 2.75) is 19.9 Å². The molecule has 0 bridgehead atoms. The second kappa shape index (κ2) is 7.56. The number of aromatic nitrogens is 1. The number of piperazine rings is 1. The summed E-state index contributed by atoms with van der Waals surface area (Å²) in [5, 5.41) is 3.32. The van der Waals surface area contributed by atoms with Crippen molar-refractivity contribution in [2.75, 3.05) is 19.6 Å². The summed E-state index contributed by atoms with van der Waals surface area (Å²) in [5.74, 6) is 0.0963. The number of nitrogens with one attached hydrogen (secondary N) is 1. The first-order chi connectivity index (χ1) is 7.68. The smallest absolute Gasteiger partial charge is 0.255 e. The van der Waals surface area contributed by atoms with Gasteiger partial charge in [-0.3, -0.25) is 9.78 Å². The summed E-state index contributed by atoms with van der Waals surface area (Å²) in [6.45, 7) is 6.38. The zero-order chi connectivity index (χ0) is 11.5. The van der Waals surface area contributed by atoms with Gasteiger partial charge in [-0.05, 0) is 26.0 Å². The lowest BCUT2D eigenvalue weighted by Crippen LogP contribution is -2.51. The van der Waals surface area contributed by atoms with Gasteiger partial charge < -0.3 is 10.2 Å². The predicted molar refractivity (Wildman–Crippen MR) is 76.8 cm³/mol. The van der Waals surface area contributed by atoms with Crippen molar-refractivity contribution in [2.24, 2.45) is 0 Å². The average Bonchev–Trinajstić information content (AvgIpc) is 2.29. The highest BCUT2D eigenvalue weighted by Gasteiger charge is 2.22. The van der Waals surface area contributed by atoms with Crippen molar-refractivity contribution < 1.29 is 4.79 Å². The fourth-order valence-electron chi connectivity index (χ4n) is 2.00. The van der Waals surface area contributed by atoms with Crippen LogP contribution in [0.1, 0.15) is 23.0 Å². The summed E-state index contributed by atoms with van der Waals surface area (Å²) in [6.07, 6.45) is 1.71. The topological polar surface area (TPSA) is 45.2 Å². The van der Waals surface area contributed by atoms with Gasteiger partial charge >= 0.3 is 0 Å². The third kappa shape index (κ3) is 3.83. The normalized spacial score (nSPS) is 18.6. The number of hydrogen-bond donors (Lipinski definition) is 1. The van der Waals surface area contributed by atoms with Gasteiger partial charge in [0.05, 0.1) is 5.56 Å². The number of hydrogen-bond acceptors (Lipinski definition) is 3. The molecule has 102 valence electrons. The number of amides is 1. The molecule has 1 aromatic rings. The Hall–Kier alpha value is -0.840. The molecule has 1 saturated heterocycles. The van der Waals surface area contributed by atoms with Crippen LogP contribution in [0.25, 0.3) is 0 Å². The number of nitrogens with zero attached hydrogens (tertiary/aromatic N) is 2. The van der Waals surface area contributed by atoms with E-state index in [2.05, 4.69) is 17.2 Å². The molecule has 1 fully saturated rings. The van der Waals surface area contributed by atoms with Crippen LogP contribution in [-0.4, -0.2) is 41.5 Å². The Balaban J connectivity index is 0.00000144. The number of aryl methyl sites for hydroxylation is 1. The number of pyridine rings is 1. The molecule has 1 aliphatic heterocycles. The number of carbonyl (C=O) groups is 1. The monoisotopic (exact) mass is 291 g/mol. The van der Waals surface area contributed by atoms with Crippen molar-refractivity contribution in [3.05, 3.63) is 29.6 Å². The van der Waals surface area contributed by atoms with Crippen LogP contribution < -0.4 is 5.32 Å². The molecule has 1 atom stereocenters. The van der Waals surface area contributed by atoms with Gasteiger partial charge in [0.25, 0.3) is 5.91 Å². The lowest BCUT2D eigenvalue weighted by Gasteiger charge is -2.32. The molecule has 1 aliphatic rings. The van der Waals surface area contributed by atoms with E-state index in [4.69, 9.17) is 0 Å². The zero-order valence-corrected chi connectivity index (χ0v) is 12.2. The van der Waals surface area contributed by atoms with Crippen molar-refractivity contribution in [1.29, 1.82) is 0 Å². The summed E-state index contributed by atoms with van der Waals surface area (Å²) < 4.78 is 0. The lowest BCUT2D eigenvalue weighted by atomic mass is 10.1. The molecular weight excluding hydrogens is 273 g/mol. The summed E-state index contributed by atoms with van der Waals surface area (Å²) in [6, 6.07) is 4.03. The van der Waals surface area contributed by atoms with E-state index in [-0.39, 0.29) is 30.7 Å². The van der Waals surface area contributed by atoms with Gasteiger partial charge in [-0.1, -0.05) is 0 Å². The number of carbonyl (C=O) groups excluding carboxylic acids is 1. The van der Waals surface area contributed by atoms with Gasteiger partial charge in [0.15, 0.2) is 0 Å². The Kier molecular flexibility index (Phi) is 7.21. The van der Waals surface area contributed by atoms with Crippen LogP contribution in [0, 0.1) is 6.92 Å².